The largest absolute Gasteiger partial charge is 0.469 e. The predicted molar refractivity (Wildman–Crippen MR) is 140 cm³/mol. The molecule has 5 amide bonds. The second-order valence-electron chi connectivity index (χ2n) is 9.11. The lowest BCUT2D eigenvalue weighted by atomic mass is 9.80. The summed E-state index contributed by atoms with van der Waals surface area (Å²) in [5, 5.41) is 12.5. The monoisotopic (exact) mass is 557 g/mol. The van der Waals surface area contributed by atoms with Crippen LogP contribution < -0.4 is 10.2 Å². The number of nitriles is 1. The highest BCUT2D eigenvalue weighted by Gasteiger charge is 2.65. The maximum absolute atomic E-state index is 14.1. The van der Waals surface area contributed by atoms with Gasteiger partial charge in [0.05, 0.1) is 31.0 Å². The van der Waals surface area contributed by atoms with Crippen LogP contribution in [0.5, 0.6) is 0 Å². The fraction of sp³-hybridized carbons (Fsp3) is 0.346. The molecule has 0 saturated carbocycles. The molecule has 0 bridgehead atoms. The maximum atomic E-state index is 14.1. The Balaban J connectivity index is 1.68. The molecule has 0 aromatic heterocycles. The lowest BCUT2D eigenvalue weighted by Crippen LogP contribution is -2.54. The highest BCUT2D eigenvalue weighted by molar-refractivity contribution is 6.35. The van der Waals surface area contributed by atoms with Crippen molar-refractivity contribution in [2.45, 2.75) is 24.3 Å². The molecule has 1 spiro atoms. The molecule has 1 N–H and O–H groups in total. The Morgan fingerprint density at radius 3 is 2.42 bits per heavy atom. The van der Waals surface area contributed by atoms with E-state index < -0.39 is 29.4 Å². The van der Waals surface area contributed by atoms with Crippen LogP contribution in [-0.4, -0.2) is 73.1 Å². The summed E-state index contributed by atoms with van der Waals surface area (Å²) in [6.45, 7) is 0.309. The van der Waals surface area contributed by atoms with E-state index in [2.05, 4.69) is 16.1 Å². The molecular formula is C26H25Cl2N5O5. The van der Waals surface area contributed by atoms with Crippen LogP contribution in [0.15, 0.2) is 42.5 Å². The third kappa shape index (κ3) is 4.87. The van der Waals surface area contributed by atoms with Crippen molar-refractivity contribution in [3.63, 3.8) is 0 Å². The Kier molecular flexibility index (Phi) is 7.81. The number of ether oxygens (including phenoxy) is 1. The van der Waals surface area contributed by atoms with E-state index in [1.54, 1.807) is 24.3 Å². The molecule has 0 aliphatic carbocycles. The van der Waals surface area contributed by atoms with E-state index in [0.717, 1.165) is 4.90 Å². The molecule has 0 unspecified atom stereocenters. The van der Waals surface area contributed by atoms with Crippen molar-refractivity contribution in [3.05, 3.63) is 63.6 Å². The molecule has 2 aromatic carbocycles. The molecule has 4 rings (SSSR count). The van der Waals surface area contributed by atoms with Gasteiger partial charge in [-0.3, -0.25) is 9.59 Å². The summed E-state index contributed by atoms with van der Waals surface area (Å²) in [6.07, 6.45) is 0.540. The summed E-state index contributed by atoms with van der Waals surface area (Å²) in [5.41, 5.74) is -0.0449. The average molecular weight is 558 g/mol. The van der Waals surface area contributed by atoms with Crippen LogP contribution in [0.4, 0.5) is 15.3 Å². The van der Waals surface area contributed by atoms with Gasteiger partial charge in [0.2, 0.25) is 0 Å². The zero-order chi connectivity index (χ0) is 27.6. The number of rotatable bonds is 6. The van der Waals surface area contributed by atoms with Gasteiger partial charge in [0, 0.05) is 42.5 Å². The molecule has 2 saturated heterocycles. The van der Waals surface area contributed by atoms with E-state index in [1.807, 2.05) is 0 Å². The van der Waals surface area contributed by atoms with E-state index in [9.17, 15) is 24.4 Å². The first-order valence-corrected chi connectivity index (χ1v) is 12.6. The van der Waals surface area contributed by atoms with Gasteiger partial charge < -0.3 is 19.9 Å². The summed E-state index contributed by atoms with van der Waals surface area (Å²) in [5.74, 6) is -1.48. The first kappa shape index (κ1) is 27.2. The lowest BCUT2D eigenvalue weighted by Gasteiger charge is -2.33. The van der Waals surface area contributed by atoms with Crippen molar-refractivity contribution in [1.29, 1.82) is 5.26 Å². The molecule has 2 heterocycles. The summed E-state index contributed by atoms with van der Waals surface area (Å²) in [6, 6.07) is 12.2. The molecule has 12 heteroatoms. The summed E-state index contributed by atoms with van der Waals surface area (Å²) in [4.78, 5) is 56.0. The van der Waals surface area contributed by atoms with E-state index in [0.29, 0.717) is 17.5 Å². The Labute approximate surface area is 229 Å². The first-order valence-electron chi connectivity index (χ1n) is 11.8. The van der Waals surface area contributed by atoms with Crippen molar-refractivity contribution in [3.8, 4) is 6.07 Å². The molecular weight excluding hydrogens is 533 g/mol. The van der Waals surface area contributed by atoms with Crippen molar-refractivity contribution >= 4 is 52.8 Å². The number of methoxy groups -OCH3 is 1. The minimum absolute atomic E-state index is 0.0631. The summed E-state index contributed by atoms with van der Waals surface area (Å²) >= 11 is 12.3. The van der Waals surface area contributed by atoms with Crippen LogP contribution in [0.2, 0.25) is 10.0 Å². The maximum Gasteiger partial charge on any atom is 0.332 e. The van der Waals surface area contributed by atoms with Gasteiger partial charge in [-0.05, 0) is 42.3 Å². The van der Waals surface area contributed by atoms with Gasteiger partial charge in [0.15, 0.2) is 0 Å². The number of likely N-dealkylation sites (tertiary alicyclic amines) is 1. The van der Waals surface area contributed by atoms with E-state index >= 15 is 0 Å². The van der Waals surface area contributed by atoms with E-state index in [1.165, 1.54) is 42.2 Å². The Hall–Kier alpha value is -3.81. The minimum atomic E-state index is -1.41. The third-order valence-electron chi connectivity index (χ3n) is 6.96. The third-order valence-corrected chi connectivity index (χ3v) is 7.39. The quantitative estimate of drug-likeness (QED) is 0.327. The molecule has 2 aliphatic heterocycles. The van der Waals surface area contributed by atoms with Crippen molar-refractivity contribution < 1.29 is 23.9 Å². The molecule has 198 valence electrons. The molecule has 0 radical (unpaired) electrons. The number of imide groups is 1. The number of hydrogen-bond acceptors (Lipinski definition) is 6. The number of carbonyl (C=O) groups is 4. The van der Waals surface area contributed by atoms with Gasteiger partial charge in [-0.2, -0.15) is 5.26 Å². The summed E-state index contributed by atoms with van der Waals surface area (Å²) in [7, 11) is 2.83. The van der Waals surface area contributed by atoms with Crippen molar-refractivity contribution in [2.24, 2.45) is 0 Å². The highest BCUT2D eigenvalue weighted by atomic mass is 35.5. The predicted octanol–water partition coefficient (Wildman–Crippen LogP) is 3.76. The van der Waals surface area contributed by atoms with E-state index in [4.69, 9.17) is 23.2 Å². The Bertz CT molecular complexity index is 1310. The van der Waals surface area contributed by atoms with Crippen LogP contribution in [0, 0.1) is 11.3 Å². The molecule has 2 atom stereocenters. The smallest absolute Gasteiger partial charge is 0.332 e. The normalized spacial score (nSPS) is 20.7. The van der Waals surface area contributed by atoms with Gasteiger partial charge in [-0.1, -0.05) is 35.3 Å². The van der Waals surface area contributed by atoms with Crippen LogP contribution in [-0.2, 0) is 14.3 Å². The van der Waals surface area contributed by atoms with Gasteiger partial charge in [0.25, 0.3) is 5.91 Å². The first-order chi connectivity index (χ1) is 18.1. The van der Waals surface area contributed by atoms with Gasteiger partial charge in [-0.15, -0.1) is 0 Å². The molecule has 38 heavy (non-hydrogen) atoms. The zero-order valence-electron chi connectivity index (χ0n) is 20.7. The standard InChI is InChI=1S/C26H25Cl2N5O5/c1-31-25(37)33(20-11-18(27)10-19(28)12-20)23(35)26(31)15-32(24(36)30-9-3-4-22(34)38-2)14-21(26)17-7-5-16(13-29)6-8-17/h5-8,10-12,21H,3-4,9,14-15H2,1-2H3,(H,30,36)/t21-,26+/m0/s1. The summed E-state index contributed by atoms with van der Waals surface area (Å²) < 4.78 is 4.62. The zero-order valence-corrected chi connectivity index (χ0v) is 22.3. The number of nitrogens with one attached hydrogen (secondary N) is 1. The molecule has 2 aliphatic rings. The van der Waals surface area contributed by atoms with Crippen LogP contribution in [0.25, 0.3) is 0 Å². The van der Waals surface area contributed by atoms with Gasteiger partial charge >= 0.3 is 18.0 Å². The highest BCUT2D eigenvalue weighted by Crippen LogP contribution is 2.46. The average Bonchev–Trinajstić information content (AvgIpc) is 3.39. The second kappa shape index (κ2) is 10.9. The Morgan fingerprint density at radius 1 is 1.16 bits per heavy atom. The number of halogens is 2. The number of esters is 1. The minimum Gasteiger partial charge on any atom is -0.469 e. The Morgan fingerprint density at radius 2 is 1.82 bits per heavy atom. The molecule has 2 fully saturated rings. The molecule has 10 nitrogen and oxygen atoms in total. The second-order valence-corrected chi connectivity index (χ2v) is 9.99. The number of likely N-dealkylation sites (N-methyl/N-ethyl adjacent to an activating group) is 1. The number of anilines is 1. The SMILES string of the molecule is COC(=O)CCCNC(=O)N1C[C@@H](c2ccc(C#N)cc2)[C@]2(C1)C(=O)N(c1cc(Cl)cc(Cl)c1)C(=O)N2C. The number of carbonyl (C=O) groups excluding carboxylic acids is 4. The van der Waals surface area contributed by atoms with Crippen molar-refractivity contribution in [1.82, 2.24) is 15.1 Å². The molecule has 2 aromatic rings. The van der Waals surface area contributed by atoms with Crippen LogP contribution in [0.3, 0.4) is 0 Å². The topological polar surface area (TPSA) is 123 Å². The van der Waals surface area contributed by atoms with Gasteiger partial charge in [-0.25, -0.2) is 14.5 Å². The fourth-order valence-electron chi connectivity index (χ4n) is 5.00. The van der Waals surface area contributed by atoms with Crippen molar-refractivity contribution in [2.75, 3.05) is 38.7 Å². The van der Waals surface area contributed by atoms with Crippen LogP contribution >= 0.6 is 23.2 Å². The van der Waals surface area contributed by atoms with Crippen LogP contribution in [0.1, 0.15) is 29.9 Å². The number of nitrogens with zero attached hydrogens (tertiary/aromatic N) is 4. The van der Waals surface area contributed by atoms with E-state index in [-0.39, 0.29) is 47.8 Å². The van der Waals surface area contributed by atoms with Gasteiger partial charge in [0.1, 0.15) is 5.54 Å². The lowest BCUT2D eigenvalue weighted by molar-refractivity contribution is -0.140. The number of benzene rings is 2. The number of amides is 5. The fourth-order valence-corrected chi connectivity index (χ4v) is 5.52. The number of hydrogen-bond donors (Lipinski definition) is 1. The number of urea groups is 2.